The minimum atomic E-state index is -0.0386. The van der Waals surface area contributed by atoms with Gasteiger partial charge in [-0.3, -0.25) is 5.10 Å². The summed E-state index contributed by atoms with van der Waals surface area (Å²) >= 11 is 0. The van der Waals surface area contributed by atoms with Crippen molar-refractivity contribution in [2.45, 2.75) is 6.04 Å². The van der Waals surface area contributed by atoms with Crippen molar-refractivity contribution in [2.75, 3.05) is 20.3 Å². The second-order valence-corrected chi connectivity index (χ2v) is 4.00. The highest BCUT2D eigenvalue weighted by Gasteiger charge is 2.18. The molecule has 6 nitrogen and oxygen atoms in total. The molecule has 1 aromatic carbocycles. The van der Waals surface area contributed by atoms with E-state index in [9.17, 15) is 0 Å². The SMILES string of the molecule is CNC(c1ccc2c(c1)OCCO2)c1ncn[nH]1. The minimum absolute atomic E-state index is 0.0386. The zero-order valence-electron chi connectivity index (χ0n) is 10.0. The Labute approximate surface area is 104 Å². The van der Waals surface area contributed by atoms with Crippen LogP contribution < -0.4 is 14.8 Å². The number of ether oxygens (including phenoxy) is 2. The molecule has 0 spiro atoms. The summed E-state index contributed by atoms with van der Waals surface area (Å²) in [6.07, 6.45) is 1.50. The summed E-state index contributed by atoms with van der Waals surface area (Å²) in [6, 6.07) is 5.85. The Balaban J connectivity index is 1.95. The molecule has 6 heteroatoms. The standard InChI is InChI=1S/C12H14N4O2/c1-13-11(12-14-7-15-16-12)8-2-3-9-10(6-8)18-5-4-17-9/h2-3,6-7,11,13H,4-5H2,1H3,(H,14,15,16). The summed E-state index contributed by atoms with van der Waals surface area (Å²) in [6.45, 7) is 1.19. The van der Waals surface area contributed by atoms with Gasteiger partial charge < -0.3 is 14.8 Å². The lowest BCUT2D eigenvalue weighted by Crippen LogP contribution is -2.20. The van der Waals surface area contributed by atoms with Crippen molar-refractivity contribution in [3.05, 3.63) is 35.9 Å². The van der Waals surface area contributed by atoms with E-state index in [0.717, 1.165) is 22.9 Å². The van der Waals surface area contributed by atoms with E-state index in [0.29, 0.717) is 13.2 Å². The highest BCUT2D eigenvalue weighted by molar-refractivity contribution is 5.45. The fourth-order valence-electron chi connectivity index (χ4n) is 2.05. The van der Waals surface area contributed by atoms with Crippen LogP contribution in [0.15, 0.2) is 24.5 Å². The first-order chi connectivity index (χ1) is 8.88. The zero-order chi connectivity index (χ0) is 12.4. The third-order valence-electron chi connectivity index (χ3n) is 2.90. The van der Waals surface area contributed by atoms with E-state index in [-0.39, 0.29) is 6.04 Å². The van der Waals surface area contributed by atoms with Crippen molar-refractivity contribution >= 4 is 0 Å². The number of fused-ring (bicyclic) bond motifs is 1. The molecular formula is C12H14N4O2. The van der Waals surface area contributed by atoms with Crippen LogP contribution in [0.2, 0.25) is 0 Å². The van der Waals surface area contributed by atoms with E-state index < -0.39 is 0 Å². The van der Waals surface area contributed by atoms with Crippen LogP contribution in [0.3, 0.4) is 0 Å². The minimum Gasteiger partial charge on any atom is -0.486 e. The molecule has 0 saturated heterocycles. The maximum absolute atomic E-state index is 5.58. The van der Waals surface area contributed by atoms with Crippen molar-refractivity contribution in [1.82, 2.24) is 20.5 Å². The molecule has 2 heterocycles. The van der Waals surface area contributed by atoms with Gasteiger partial charge in [-0.1, -0.05) is 6.07 Å². The molecule has 3 rings (SSSR count). The van der Waals surface area contributed by atoms with Gasteiger partial charge in [0.05, 0.1) is 6.04 Å². The molecule has 1 aliphatic heterocycles. The van der Waals surface area contributed by atoms with Gasteiger partial charge in [-0.15, -0.1) is 0 Å². The second kappa shape index (κ2) is 4.66. The third kappa shape index (κ3) is 1.91. The zero-order valence-corrected chi connectivity index (χ0v) is 10.0. The molecule has 94 valence electrons. The number of aromatic nitrogens is 3. The van der Waals surface area contributed by atoms with Gasteiger partial charge in [0.15, 0.2) is 11.5 Å². The predicted molar refractivity (Wildman–Crippen MR) is 64.7 cm³/mol. The van der Waals surface area contributed by atoms with E-state index in [1.54, 1.807) is 0 Å². The first-order valence-corrected chi connectivity index (χ1v) is 5.80. The van der Waals surface area contributed by atoms with Gasteiger partial charge in [0, 0.05) is 0 Å². The molecule has 0 radical (unpaired) electrons. The van der Waals surface area contributed by atoms with Crippen molar-refractivity contribution in [2.24, 2.45) is 0 Å². The van der Waals surface area contributed by atoms with Crippen LogP contribution in [0.4, 0.5) is 0 Å². The number of hydrogen-bond acceptors (Lipinski definition) is 5. The van der Waals surface area contributed by atoms with Gasteiger partial charge in [0.1, 0.15) is 25.4 Å². The monoisotopic (exact) mass is 246 g/mol. The van der Waals surface area contributed by atoms with Gasteiger partial charge in [-0.25, -0.2) is 4.98 Å². The van der Waals surface area contributed by atoms with E-state index in [1.807, 2.05) is 25.2 Å². The van der Waals surface area contributed by atoms with Crippen LogP contribution in [0.25, 0.3) is 0 Å². The molecule has 1 atom stereocenters. The second-order valence-electron chi connectivity index (χ2n) is 4.00. The van der Waals surface area contributed by atoms with Crippen molar-refractivity contribution in [1.29, 1.82) is 0 Å². The molecule has 1 aliphatic rings. The fourth-order valence-corrected chi connectivity index (χ4v) is 2.05. The summed E-state index contributed by atoms with van der Waals surface area (Å²) in [5.41, 5.74) is 1.05. The van der Waals surface area contributed by atoms with Crippen LogP contribution in [-0.4, -0.2) is 35.4 Å². The predicted octanol–water partition coefficient (Wildman–Crippen LogP) is 0.885. The van der Waals surface area contributed by atoms with Gasteiger partial charge in [-0.05, 0) is 24.7 Å². The summed E-state index contributed by atoms with van der Waals surface area (Å²) in [5, 5.41) is 9.94. The number of aromatic amines is 1. The van der Waals surface area contributed by atoms with E-state index >= 15 is 0 Å². The topological polar surface area (TPSA) is 72.1 Å². The van der Waals surface area contributed by atoms with E-state index in [4.69, 9.17) is 9.47 Å². The number of H-pyrrole nitrogens is 1. The van der Waals surface area contributed by atoms with Crippen molar-refractivity contribution in [3.8, 4) is 11.5 Å². The Hall–Kier alpha value is -2.08. The Kier molecular flexibility index (Phi) is 2.85. The normalized spacial score (nSPS) is 15.4. The van der Waals surface area contributed by atoms with Crippen LogP contribution in [0, 0.1) is 0 Å². The Morgan fingerprint density at radius 3 is 2.83 bits per heavy atom. The fraction of sp³-hybridized carbons (Fsp3) is 0.333. The number of benzene rings is 1. The number of rotatable bonds is 3. The van der Waals surface area contributed by atoms with Crippen molar-refractivity contribution in [3.63, 3.8) is 0 Å². The lowest BCUT2D eigenvalue weighted by molar-refractivity contribution is 0.171. The van der Waals surface area contributed by atoms with E-state index in [2.05, 4.69) is 20.5 Å². The third-order valence-corrected chi connectivity index (χ3v) is 2.90. The summed E-state index contributed by atoms with van der Waals surface area (Å²) in [7, 11) is 1.88. The summed E-state index contributed by atoms with van der Waals surface area (Å²) < 4.78 is 11.1. The molecule has 2 N–H and O–H groups in total. The van der Waals surface area contributed by atoms with Gasteiger partial charge in [0.2, 0.25) is 0 Å². The molecule has 1 unspecified atom stereocenters. The van der Waals surface area contributed by atoms with Gasteiger partial charge in [-0.2, -0.15) is 5.10 Å². The summed E-state index contributed by atoms with van der Waals surface area (Å²) in [4.78, 5) is 4.17. The van der Waals surface area contributed by atoms with Crippen LogP contribution >= 0.6 is 0 Å². The molecule has 0 fully saturated rings. The molecule has 1 aromatic heterocycles. The Bertz CT molecular complexity index is 527. The van der Waals surface area contributed by atoms with Crippen LogP contribution in [0.5, 0.6) is 11.5 Å². The first-order valence-electron chi connectivity index (χ1n) is 5.80. The molecule has 0 saturated carbocycles. The molecule has 18 heavy (non-hydrogen) atoms. The number of nitrogens with one attached hydrogen (secondary N) is 2. The lowest BCUT2D eigenvalue weighted by atomic mass is 10.1. The number of nitrogens with zero attached hydrogens (tertiary/aromatic N) is 2. The van der Waals surface area contributed by atoms with E-state index in [1.165, 1.54) is 6.33 Å². The highest BCUT2D eigenvalue weighted by atomic mass is 16.6. The smallest absolute Gasteiger partial charge is 0.161 e. The molecular weight excluding hydrogens is 232 g/mol. The summed E-state index contributed by atoms with van der Waals surface area (Å²) in [5.74, 6) is 2.34. The molecule has 0 bridgehead atoms. The quantitative estimate of drug-likeness (QED) is 0.841. The average Bonchev–Trinajstić information content (AvgIpc) is 2.93. The average molecular weight is 246 g/mol. The van der Waals surface area contributed by atoms with Gasteiger partial charge >= 0.3 is 0 Å². The number of hydrogen-bond donors (Lipinski definition) is 2. The largest absolute Gasteiger partial charge is 0.486 e. The Morgan fingerprint density at radius 1 is 1.28 bits per heavy atom. The van der Waals surface area contributed by atoms with Crippen LogP contribution in [-0.2, 0) is 0 Å². The highest BCUT2D eigenvalue weighted by Crippen LogP contribution is 2.33. The lowest BCUT2D eigenvalue weighted by Gasteiger charge is -2.21. The molecule has 0 aliphatic carbocycles. The maximum Gasteiger partial charge on any atom is 0.161 e. The van der Waals surface area contributed by atoms with Crippen molar-refractivity contribution < 1.29 is 9.47 Å². The molecule has 2 aromatic rings. The van der Waals surface area contributed by atoms with Gasteiger partial charge in [0.25, 0.3) is 0 Å². The maximum atomic E-state index is 5.58. The molecule has 0 amide bonds. The first kappa shape index (κ1) is 11.0. The van der Waals surface area contributed by atoms with Crippen LogP contribution in [0.1, 0.15) is 17.4 Å². The Morgan fingerprint density at radius 2 is 2.11 bits per heavy atom.